The van der Waals surface area contributed by atoms with E-state index in [1.54, 1.807) is 23.1 Å². The van der Waals surface area contributed by atoms with Gasteiger partial charge in [0, 0.05) is 35.5 Å². The van der Waals surface area contributed by atoms with Gasteiger partial charge in [-0.15, -0.1) is 0 Å². The van der Waals surface area contributed by atoms with E-state index in [1.807, 2.05) is 76.2 Å². The molecule has 2 atom stereocenters. The number of hydrogen-bond acceptors (Lipinski definition) is 4. The largest absolute Gasteiger partial charge is 0.490 e. The number of rotatable bonds is 15. The topological polar surface area (TPSA) is 67.9 Å². The molecular formula is C33H40Cl2N2O4. The first-order chi connectivity index (χ1) is 19.7. The Bertz CT molecular complexity index is 1290. The predicted octanol–water partition coefficient (Wildman–Crippen LogP) is 7.28. The number of ether oxygens (including phenoxy) is 2. The standard InChI is InChI=1S/C33H40Cl2N2O4/c1-5-23(4)36-33(39)29(19-24-11-9-8-10-12-24)37(22-26-15-16-27(34)21-28(26)35)32(38)18-14-25-13-17-30(40-6-2)31(20-25)41-7-3/h8-13,15-17,20-21,23,29H,5-7,14,18-19,22H2,1-4H3,(H,36,39)/t23-,29-/m1/s1. The van der Waals surface area contributed by atoms with Crippen molar-refractivity contribution in [2.45, 2.75) is 72.0 Å². The molecule has 2 amide bonds. The second-order valence-corrected chi connectivity index (χ2v) is 10.8. The predicted molar refractivity (Wildman–Crippen MR) is 166 cm³/mol. The molecule has 0 unspecified atom stereocenters. The van der Waals surface area contributed by atoms with Gasteiger partial charge in [-0.1, -0.05) is 72.6 Å². The molecular weight excluding hydrogens is 559 g/mol. The van der Waals surface area contributed by atoms with Gasteiger partial charge >= 0.3 is 0 Å². The van der Waals surface area contributed by atoms with Gasteiger partial charge in [0.25, 0.3) is 0 Å². The zero-order valence-corrected chi connectivity index (χ0v) is 25.8. The third-order valence-corrected chi connectivity index (χ3v) is 7.45. The first-order valence-corrected chi connectivity index (χ1v) is 15.0. The summed E-state index contributed by atoms with van der Waals surface area (Å²) in [4.78, 5) is 29.3. The van der Waals surface area contributed by atoms with Crippen molar-refractivity contribution < 1.29 is 19.1 Å². The van der Waals surface area contributed by atoms with Crippen molar-refractivity contribution in [3.63, 3.8) is 0 Å². The number of hydrogen-bond donors (Lipinski definition) is 1. The van der Waals surface area contributed by atoms with Crippen molar-refractivity contribution >= 4 is 35.0 Å². The average molecular weight is 600 g/mol. The molecule has 0 saturated carbocycles. The minimum atomic E-state index is -0.732. The van der Waals surface area contributed by atoms with Gasteiger partial charge in [-0.25, -0.2) is 0 Å². The molecule has 0 bridgehead atoms. The monoisotopic (exact) mass is 598 g/mol. The second-order valence-electron chi connectivity index (χ2n) is 9.93. The Morgan fingerprint density at radius 1 is 0.878 bits per heavy atom. The van der Waals surface area contributed by atoms with Gasteiger partial charge in [0.05, 0.1) is 13.2 Å². The van der Waals surface area contributed by atoms with E-state index in [1.165, 1.54) is 0 Å². The summed E-state index contributed by atoms with van der Waals surface area (Å²) in [5, 5.41) is 4.05. The molecule has 0 aromatic heterocycles. The molecule has 0 spiro atoms. The fraction of sp³-hybridized carbons (Fsp3) is 0.394. The molecule has 0 fully saturated rings. The summed E-state index contributed by atoms with van der Waals surface area (Å²) in [7, 11) is 0. The Hall–Kier alpha value is -3.22. The maximum atomic E-state index is 14.0. The summed E-state index contributed by atoms with van der Waals surface area (Å²) in [6.45, 7) is 9.03. The molecule has 0 heterocycles. The summed E-state index contributed by atoms with van der Waals surface area (Å²) >= 11 is 12.7. The van der Waals surface area contributed by atoms with Gasteiger partial charge in [0.1, 0.15) is 6.04 Å². The highest BCUT2D eigenvalue weighted by atomic mass is 35.5. The van der Waals surface area contributed by atoms with E-state index in [4.69, 9.17) is 32.7 Å². The van der Waals surface area contributed by atoms with Crippen LogP contribution in [-0.2, 0) is 29.0 Å². The molecule has 0 aliphatic carbocycles. The van der Waals surface area contributed by atoms with E-state index < -0.39 is 6.04 Å². The van der Waals surface area contributed by atoms with Crippen molar-refractivity contribution in [1.29, 1.82) is 0 Å². The molecule has 3 rings (SSSR count). The third kappa shape index (κ3) is 9.68. The fourth-order valence-electron chi connectivity index (χ4n) is 4.47. The maximum Gasteiger partial charge on any atom is 0.243 e. The van der Waals surface area contributed by atoms with Crippen LogP contribution in [0.4, 0.5) is 0 Å². The number of nitrogens with zero attached hydrogens (tertiary/aromatic N) is 1. The quantitative estimate of drug-likeness (QED) is 0.199. The summed E-state index contributed by atoms with van der Waals surface area (Å²) in [5.74, 6) is 0.983. The van der Waals surface area contributed by atoms with Crippen molar-refractivity contribution in [3.8, 4) is 11.5 Å². The highest BCUT2D eigenvalue weighted by Crippen LogP contribution is 2.30. The number of nitrogens with one attached hydrogen (secondary N) is 1. The molecule has 0 radical (unpaired) electrons. The van der Waals surface area contributed by atoms with Gasteiger partial charge in [0.2, 0.25) is 11.8 Å². The van der Waals surface area contributed by atoms with Crippen LogP contribution in [0, 0.1) is 0 Å². The van der Waals surface area contributed by atoms with Crippen LogP contribution in [0.25, 0.3) is 0 Å². The first-order valence-electron chi connectivity index (χ1n) is 14.2. The van der Waals surface area contributed by atoms with Crippen molar-refractivity contribution in [1.82, 2.24) is 10.2 Å². The minimum Gasteiger partial charge on any atom is -0.490 e. The lowest BCUT2D eigenvalue weighted by atomic mass is 10.0. The Morgan fingerprint density at radius 3 is 2.24 bits per heavy atom. The Morgan fingerprint density at radius 2 is 1.59 bits per heavy atom. The molecule has 41 heavy (non-hydrogen) atoms. The second kappa shape index (κ2) is 16.3. The van der Waals surface area contributed by atoms with Crippen LogP contribution in [0.15, 0.2) is 66.7 Å². The molecule has 220 valence electrons. The van der Waals surface area contributed by atoms with Crippen molar-refractivity contribution in [3.05, 3.63) is 93.5 Å². The van der Waals surface area contributed by atoms with E-state index >= 15 is 0 Å². The Kier molecular flexibility index (Phi) is 12.8. The SMILES string of the molecule is CCOc1ccc(CCC(=O)N(Cc2ccc(Cl)cc2Cl)[C@H](Cc2ccccc2)C(=O)N[C@H](C)CC)cc1OCC. The normalized spacial score (nSPS) is 12.3. The summed E-state index contributed by atoms with van der Waals surface area (Å²) in [6.07, 6.45) is 1.83. The Balaban J connectivity index is 1.94. The van der Waals surface area contributed by atoms with E-state index in [9.17, 15) is 9.59 Å². The van der Waals surface area contributed by atoms with Gasteiger partial charge in [0.15, 0.2) is 11.5 Å². The Labute approximate surface area is 253 Å². The van der Waals surface area contributed by atoms with E-state index in [0.29, 0.717) is 47.6 Å². The zero-order chi connectivity index (χ0) is 29.8. The number of halogens is 2. The number of amides is 2. The molecule has 6 nitrogen and oxygen atoms in total. The van der Waals surface area contributed by atoms with Gasteiger partial charge in [-0.05, 0) is 74.6 Å². The lowest BCUT2D eigenvalue weighted by molar-refractivity contribution is -0.141. The first kappa shape index (κ1) is 32.3. The number of carbonyl (C=O) groups excluding carboxylic acids is 2. The van der Waals surface area contributed by atoms with Crippen molar-refractivity contribution in [2.24, 2.45) is 0 Å². The zero-order valence-electron chi connectivity index (χ0n) is 24.3. The third-order valence-electron chi connectivity index (χ3n) is 6.86. The van der Waals surface area contributed by atoms with E-state index in [-0.39, 0.29) is 30.8 Å². The number of aryl methyl sites for hydroxylation is 1. The van der Waals surface area contributed by atoms with Crippen LogP contribution < -0.4 is 14.8 Å². The summed E-state index contributed by atoms with van der Waals surface area (Å²) in [5.41, 5.74) is 2.63. The summed E-state index contributed by atoms with van der Waals surface area (Å²) in [6, 6.07) is 19.9. The minimum absolute atomic E-state index is 0.0299. The number of carbonyl (C=O) groups is 2. The highest BCUT2D eigenvalue weighted by molar-refractivity contribution is 6.35. The molecule has 3 aromatic rings. The fourth-order valence-corrected chi connectivity index (χ4v) is 4.94. The highest BCUT2D eigenvalue weighted by Gasteiger charge is 2.31. The van der Waals surface area contributed by atoms with Crippen LogP contribution in [-0.4, -0.2) is 42.0 Å². The lowest BCUT2D eigenvalue weighted by Crippen LogP contribution is -2.52. The lowest BCUT2D eigenvalue weighted by Gasteiger charge is -2.32. The smallest absolute Gasteiger partial charge is 0.243 e. The average Bonchev–Trinajstić information content (AvgIpc) is 2.96. The van der Waals surface area contributed by atoms with Crippen molar-refractivity contribution in [2.75, 3.05) is 13.2 Å². The van der Waals surface area contributed by atoms with E-state index in [2.05, 4.69) is 5.32 Å². The van der Waals surface area contributed by atoms with Gasteiger partial charge < -0.3 is 19.7 Å². The molecule has 0 saturated heterocycles. The molecule has 0 aliphatic rings. The molecule has 0 aliphatic heterocycles. The van der Waals surface area contributed by atoms with Crippen LogP contribution in [0.5, 0.6) is 11.5 Å². The van der Waals surface area contributed by atoms with Crippen LogP contribution >= 0.6 is 23.2 Å². The van der Waals surface area contributed by atoms with Crippen LogP contribution in [0.1, 0.15) is 57.2 Å². The molecule has 3 aromatic carbocycles. The molecule has 1 N–H and O–H groups in total. The van der Waals surface area contributed by atoms with Crippen LogP contribution in [0.2, 0.25) is 10.0 Å². The maximum absolute atomic E-state index is 14.0. The van der Waals surface area contributed by atoms with Gasteiger partial charge in [-0.2, -0.15) is 0 Å². The van der Waals surface area contributed by atoms with Gasteiger partial charge in [-0.3, -0.25) is 9.59 Å². The summed E-state index contributed by atoms with van der Waals surface area (Å²) < 4.78 is 11.5. The van der Waals surface area contributed by atoms with Crippen LogP contribution in [0.3, 0.4) is 0 Å². The number of benzene rings is 3. The van der Waals surface area contributed by atoms with E-state index in [0.717, 1.165) is 23.1 Å². The molecule has 8 heteroatoms.